The van der Waals surface area contributed by atoms with Crippen molar-refractivity contribution in [2.24, 2.45) is 0 Å². The smallest absolute Gasteiger partial charge is 0.145 e. The maximum absolute atomic E-state index is 5.00. The molecule has 216 valence electrons. The van der Waals surface area contributed by atoms with Gasteiger partial charge in [-0.3, -0.25) is 14.5 Å². The molecule has 0 atom stereocenters. The molecule has 5 nitrogen and oxygen atoms in total. The molecule has 0 radical (unpaired) electrons. The molecule has 0 saturated carbocycles. The van der Waals surface area contributed by atoms with Crippen LogP contribution in [0.25, 0.3) is 78.1 Å². The molecule has 0 unspecified atom stereocenters. The fraction of sp³-hybridized carbons (Fsp3) is 0. The van der Waals surface area contributed by atoms with Crippen LogP contribution < -0.4 is 0 Å². The second-order valence-electron chi connectivity index (χ2n) is 11.4. The largest absolute Gasteiger partial charge is 0.309 e. The average molecular weight is 590 g/mol. The lowest BCUT2D eigenvalue weighted by Gasteiger charge is -2.10. The Bertz CT molecular complexity index is 2490. The third-order valence-electron chi connectivity index (χ3n) is 8.65. The Morgan fingerprint density at radius 2 is 0.935 bits per heavy atom. The Kier molecular flexibility index (Phi) is 6.06. The molecule has 6 aromatic carbocycles. The molecule has 0 spiro atoms. The molecule has 46 heavy (non-hydrogen) atoms. The number of rotatable bonds is 5. The minimum absolute atomic E-state index is 0.827. The predicted octanol–water partition coefficient (Wildman–Crippen LogP) is 9.91. The fourth-order valence-corrected chi connectivity index (χ4v) is 6.46. The number of imidazole rings is 1. The highest BCUT2D eigenvalue weighted by atomic mass is 15.1. The Morgan fingerprint density at radius 1 is 0.391 bits per heavy atom. The first-order valence-electron chi connectivity index (χ1n) is 15.4. The molecule has 0 bridgehead atoms. The normalized spacial score (nSPS) is 11.5. The van der Waals surface area contributed by atoms with Gasteiger partial charge in [-0.2, -0.15) is 0 Å². The molecule has 3 heterocycles. The summed E-state index contributed by atoms with van der Waals surface area (Å²) in [5, 5.41) is 2.41. The summed E-state index contributed by atoms with van der Waals surface area (Å²) >= 11 is 0. The van der Waals surface area contributed by atoms with Gasteiger partial charge in [0.15, 0.2) is 0 Å². The number of nitrogens with zero attached hydrogens (tertiary/aromatic N) is 5. The van der Waals surface area contributed by atoms with Crippen molar-refractivity contribution in [1.29, 1.82) is 0 Å². The molecule has 0 aliphatic rings. The number of para-hydroxylation sites is 5. The van der Waals surface area contributed by atoms with Gasteiger partial charge >= 0.3 is 0 Å². The maximum atomic E-state index is 5.00. The van der Waals surface area contributed by atoms with E-state index in [9.17, 15) is 0 Å². The number of hydrogen-bond acceptors (Lipinski definition) is 3. The van der Waals surface area contributed by atoms with Crippen molar-refractivity contribution < 1.29 is 0 Å². The Balaban J connectivity index is 1.05. The van der Waals surface area contributed by atoms with Gasteiger partial charge in [-0.25, -0.2) is 4.98 Å². The summed E-state index contributed by atoms with van der Waals surface area (Å²) in [4.78, 5) is 14.7. The first-order valence-corrected chi connectivity index (χ1v) is 15.4. The SMILES string of the molecule is c1ccc(-n2c(-c3ccc(-c4cnc(-c5ccc6c(c5)c5ccccc5n6-c5ccccc5)cn4)cc3)nc3ccccc32)cc1. The van der Waals surface area contributed by atoms with E-state index in [-0.39, 0.29) is 0 Å². The third-order valence-corrected chi connectivity index (χ3v) is 8.65. The molecule has 0 aliphatic heterocycles. The zero-order chi connectivity index (χ0) is 30.5. The Labute approximate surface area is 265 Å². The summed E-state index contributed by atoms with van der Waals surface area (Å²) in [6.45, 7) is 0. The summed E-state index contributed by atoms with van der Waals surface area (Å²) in [5.74, 6) is 0.907. The standard InChI is InChI=1S/C41H27N5/c1-3-11-31(12-4-1)45-38-17-9-7-15-33(38)34-25-30(23-24-39(34)45)37-27-42-36(26-43-37)28-19-21-29(22-20-28)41-44-35-16-8-10-18-40(35)46(41)32-13-5-2-6-14-32/h1-27H. The lowest BCUT2D eigenvalue weighted by atomic mass is 10.1. The van der Waals surface area contributed by atoms with E-state index >= 15 is 0 Å². The van der Waals surface area contributed by atoms with Gasteiger partial charge < -0.3 is 4.57 Å². The molecule has 0 N–H and O–H groups in total. The molecule has 0 amide bonds. The molecule has 0 aliphatic carbocycles. The van der Waals surface area contributed by atoms with E-state index in [0.29, 0.717) is 0 Å². The average Bonchev–Trinajstić information content (AvgIpc) is 3.69. The van der Waals surface area contributed by atoms with Crippen LogP contribution in [-0.4, -0.2) is 24.1 Å². The second kappa shape index (κ2) is 10.7. The van der Waals surface area contributed by atoms with Gasteiger partial charge in [-0.15, -0.1) is 0 Å². The van der Waals surface area contributed by atoms with Crippen LogP contribution in [0.3, 0.4) is 0 Å². The monoisotopic (exact) mass is 589 g/mol. The van der Waals surface area contributed by atoms with E-state index in [1.54, 1.807) is 0 Å². The van der Waals surface area contributed by atoms with Crippen molar-refractivity contribution in [3.63, 3.8) is 0 Å². The van der Waals surface area contributed by atoms with E-state index in [1.165, 1.54) is 21.8 Å². The van der Waals surface area contributed by atoms with E-state index in [2.05, 4.69) is 149 Å². The van der Waals surface area contributed by atoms with Crippen molar-refractivity contribution >= 4 is 32.8 Å². The molecule has 3 aromatic heterocycles. The number of aromatic nitrogens is 5. The van der Waals surface area contributed by atoms with E-state index < -0.39 is 0 Å². The predicted molar refractivity (Wildman–Crippen MR) is 187 cm³/mol. The van der Waals surface area contributed by atoms with Crippen molar-refractivity contribution in [3.05, 3.63) is 164 Å². The number of hydrogen-bond donors (Lipinski definition) is 0. The topological polar surface area (TPSA) is 48.5 Å². The molecule has 5 heteroatoms. The van der Waals surface area contributed by atoms with Gasteiger partial charge in [0.2, 0.25) is 0 Å². The summed E-state index contributed by atoms with van der Waals surface area (Å²) in [6, 6.07) is 52.7. The summed E-state index contributed by atoms with van der Waals surface area (Å²) in [7, 11) is 0. The van der Waals surface area contributed by atoms with Crippen molar-refractivity contribution in [2.45, 2.75) is 0 Å². The van der Waals surface area contributed by atoms with Gasteiger partial charge in [-0.1, -0.05) is 97.1 Å². The first kappa shape index (κ1) is 26.1. The Morgan fingerprint density at radius 3 is 1.65 bits per heavy atom. The van der Waals surface area contributed by atoms with Crippen LogP contribution in [0.2, 0.25) is 0 Å². The third kappa shape index (κ3) is 4.29. The molecular weight excluding hydrogens is 562 g/mol. The molecule has 9 rings (SSSR count). The maximum Gasteiger partial charge on any atom is 0.145 e. The van der Waals surface area contributed by atoms with Gasteiger partial charge in [-0.05, 0) is 54.6 Å². The van der Waals surface area contributed by atoms with Gasteiger partial charge in [0.05, 0.1) is 45.8 Å². The van der Waals surface area contributed by atoms with E-state index in [0.717, 1.165) is 56.3 Å². The highest BCUT2D eigenvalue weighted by molar-refractivity contribution is 6.10. The van der Waals surface area contributed by atoms with Gasteiger partial charge in [0.25, 0.3) is 0 Å². The zero-order valence-corrected chi connectivity index (χ0v) is 24.8. The first-order chi connectivity index (χ1) is 22.8. The van der Waals surface area contributed by atoms with Crippen molar-refractivity contribution in [3.8, 4) is 45.3 Å². The summed E-state index contributed by atoms with van der Waals surface area (Å²) in [6.07, 6.45) is 3.73. The van der Waals surface area contributed by atoms with Crippen molar-refractivity contribution in [1.82, 2.24) is 24.1 Å². The second-order valence-corrected chi connectivity index (χ2v) is 11.4. The lowest BCUT2D eigenvalue weighted by molar-refractivity contribution is 1.10. The highest BCUT2D eigenvalue weighted by Crippen LogP contribution is 2.35. The van der Waals surface area contributed by atoms with Crippen LogP contribution in [0.5, 0.6) is 0 Å². The van der Waals surface area contributed by atoms with Crippen LogP contribution in [0.4, 0.5) is 0 Å². The lowest BCUT2D eigenvalue weighted by Crippen LogP contribution is -1.97. The minimum atomic E-state index is 0.827. The fourth-order valence-electron chi connectivity index (χ4n) is 6.46. The zero-order valence-electron chi connectivity index (χ0n) is 24.8. The quantitative estimate of drug-likeness (QED) is 0.201. The van der Waals surface area contributed by atoms with Crippen LogP contribution in [0, 0.1) is 0 Å². The minimum Gasteiger partial charge on any atom is -0.309 e. The van der Waals surface area contributed by atoms with Crippen LogP contribution in [0.1, 0.15) is 0 Å². The van der Waals surface area contributed by atoms with Crippen LogP contribution >= 0.6 is 0 Å². The molecular formula is C41H27N5. The van der Waals surface area contributed by atoms with E-state index in [1.807, 2.05) is 24.5 Å². The summed E-state index contributed by atoms with van der Waals surface area (Å²) in [5.41, 5.74) is 11.4. The van der Waals surface area contributed by atoms with Gasteiger partial charge in [0.1, 0.15) is 5.82 Å². The Hall–Kier alpha value is -6.33. The van der Waals surface area contributed by atoms with Crippen molar-refractivity contribution in [2.75, 3.05) is 0 Å². The van der Waals surface area contributed by atoms with Crippen LogP contribution in [0.15, 0.2) is 164 Å². The number of benzene rings is 6. The number of fused-ring (bicyclic) bond motifs is 4. The van der Waals surface area contributed by atoms with E-state index in [4.69, 9.17) is 15.0 Å². The van der Waals surface area contributed by atoms with Crippen LogP contribution in [-0.2, 0) is 0 Å². The highest BCUT2D eigenvalue weighted by Gasteiger charge is 2.16. The molecule has 0 fully saturated rings. The molecule has 9 aromatic rings. The molecule has 0 saturated heterocycles. The summed E-state index contributed by atoms with van der Waals surface area (Å²) < 4.78 is 4.54. The van der Waals surface area contributed by atoms with Gasteiger partial charge in [0, 0.05) is 38.8 Å².